The zero-order valence-electron chi connectivity index (χ0n) is 12.8. The van der Waals surface area contributed by atoms with Crippen molar-refractivity contribution in [3.63, 3.8) is 0 Å². The Kier molecular flexibility index (Phi) is 6.58. The molecule has 1 aliphatic rings. The number of carbonyl (C=O) groups excluding carboxylic acids is 1. The lowest BCUT2D eigenvalue weighted by Crippen LogP contribution is -2.51. The maximum absolute atomic E-state index is 12.1. The fourth-order valence-electron chi connectivity index (χ4n) is 2.49. The van der Waals surface area contributed by atoms with Gasteiger partial charge in [0.1, 0.15) is 6.04 Å². The van der Waals surface area contributed by atoms with E-state index in [1.807, 2.05) is 35.1 Å². The average molecular weight is 337 g/mol. The van der Waals surface area contributed by atoms with Gasteiger partial charge in [-0.2, -0.15) is 5.10 Å². The van der Waals surface area contributed by atoms with Gasteiger partial charge in [-0.15, -0.1) is 12.4 Å². The Morgan fingerprint density at radius 3 is 2.87 bits per heavy atom. The van der Waals surface area contributed by atoms with E-state index in [0.29, 0.717) is 32.8 Å². The summed E-state index contributed by atoms with van der Waals surface area (Å²) in [6.45, 7) is 3.02. The lowest BCUT2D eigenvalue weighted by atomic mass is 10.1. The van der Waals surface area contributed by atoms with Crippen LogP contribution in [0.25, 0.3) is 0 Å². The van der Waals surface area contributed by atoms with Crippen LogP contribution in [0, 0.1) is 0 Å². The minimum Gasteiger partial charge on any atom is -0.378 e. The molecule has 1 unspecified atom stereocenters. The van der Waals surface area contributed by atoms with Crippen LogP contribution >= 0.6 is 12.4 Å². The van der Waals surface area contributed by atoms with E-state index in [0.717, 1.165) is 11.1 Å². The molecule has 0 aliphatic carbocycles. The first kappa shape index (κ1) is 17.5. The second-order valence-electron chi connectivity index (χ2n) is 5.27. The molecule has 7 heteroatoms. The van der Waals surface area contributed by atoms with Gasteiger partial charge in [0, 0.05) is 25.5 Å². The normalized spacial score (nSPS) is 17.3. The molecule has 1 atom stereocenters. The summed E-state index contributed by atoms with van der Waals surface area (Å²) in [5.41, 5.74) is 2.25. The summed E-state index contributed by atoms with van der Waals surface area (Å²) in [6, 6.07) is 9.72. The molecule has 23 heavy (non-hydrogen) atoms. The maximum Gasteiger partial charge on any atom is 0.239 e. The summed E-state index contributed by atoms with van der Waals surface area (Å²) in [7, 11) is 0. The second kappa shape index (κ2) is 8.67. The van der Waals surface area contributed by atoms with Gasteiger partial charge in [-0.05, 0) is 17.2 Å². The first-order valence-electron chi connectivity index (χ1n) is 7.46. The van der Waals surface area contributed by atoms with E-state index in [1.165, 1.54) is 0 Å². The van der Waals surface area contributed by atoms with Crippen molar-refractivity contribution >= 4 is 18.3 Å². The van der Waals surface area contributed by atoms with Crippen LogP contribution < -0.4 is 10.6 Å². The largest absolute Gasteiger partial charge is 0.378 e. The molecule has 2 N–H and O–H groups in total. The molecule has 1 aromatic heterocycles. The highest BCUT2D eigenvalue weighted by atomic mass is 35.5. The molecular weight excluding hydrogens is 316 g/mol. The predicted molar refractivity (Wildman–Crippen MR) is 89.5 cm³/mol. The van der Waals surface area contributed by atoms with Gasteiger partial charge in [0.05, 0.1) is 19.8 Å². The predicted octanol–water partition coefficient (Wildman–Crippen LogP) is 0.958. The summed E-state index contributed by atoms with van der Waals surface area (Å²) in [5, 5.41) is 10.4. The number of rotatable bonds is 5. The van der Waals surface area contributed by atoms with Gasteiger partial charge in [-0.25, -0.2) is 0 Å². The molecule has 1 amide bonds. The standard InChI is InChI=1S/C16H20N4O2.ClH/c21-16(15-12-22-9-7-17-15)18-10-13-4-1-2-5-14(13)11-20-8-3-6-19-20;/h1-6,8,15,17H,7,9-12H2,(H,18,21);1H. The van der Waals surface area contributed by atoms with E-state index >= 15 is 0 Å². The van der Waals surface area contributed by atoms with Crippen molar-refractivity contribution in [3.05, 3.63) is 53.9 Å². The van der Waals surface area contributed by atoms with Crippen molar-refractivity contribution in [1.82, 2.24) is 20.4 Å². The molecule has 1 aromatic carbocycles. The van der Waals surface area contributed by atoms with Crippen LogP contribution in [0.1, 0.15) is 11.1 Å². The number of benzene rings is 1. The fraction of sp³-hybridized carbons (Fsp3) is 0.375. The molecule has 0 bridgehead atoms. The van der Waals surface area contributed by atoms with Crippen LogP contribution in [0.5, 0.6) is 0 Å². The molecule has 1 saturated heterocycles. The van der Waals surface area contributed by atoms with Crippen molar-refractivity contribution in [2.75, 3.05) is 19.8 Å². The molecule has 0 radical (unpaired) electrons. The Bertz CT molecular complexity index is 612. The van der Waals surface area contributed by atoms with Crippen LogP contribution in [0.2, 0.25) is 0 Å². The van der Waals surface area contributed by atoms with Gasteiger partial charge in [-0.3, -0.25) is 9.48 Å². The maximum atomic E-state index is 12.1. The smallest absolute Gasteiger partial charge is 0.239 e. The molecule has 1 fully saturated rings. The number of carbonyl (C=O) groups is 1. The number of nitrogens with one attached hydrogen (secondary N) is 2. The lowest BCUT2D eigenvalue weighted by molar-refractivity contribution is -0.126. The van der Waals surface area contributed by atoms with Gasteiger partial charge >= 0.3 is 0 Å². The van der Waals surface area contributed by atoms with E-state index in [4.69, 9.17) is 4.74 Å². The fourth-order valence-corrected chi connectivity index (χ4v) is 2.49. The third-order valence-corrected chi connectivity index (χ3v) is 3.70. The van der Waals surface area contributed by atoms with Crippen LogP contribution in [0.15, 0.2) is 42.7 Å². The topological polar surface area (TPSA) is 68.2 Å². The van der Waals surface area contributed by atoms with Crippen molar-refractivity contribution in [3.8, 4) is 0 Å². The van der Waals surface area contributed by atoms with E-state index < -0.39 is 0 Å². The molecule has 2 heterocycles. The molecular formula is C16H21ClN4O2. The minimum atomic E-state index is -0.257. The Hall–Kier alpha value is -1.89. The number of amides is 1. The first-order chi connectivity index (χ1) is 10.8. The van der Waals surface area contributed by atoms with E-state index in [-0.39, 0.29) is 24.4 Å². The van der Waals surface area contributed by atoms with Crippen LogP contribution in [0.4, 0.5) is 0 Å². The van der Waals surface area contributed by atoms with Crippen molar-refractivity contribution < 1.29 is 9.53 Å². The highest BCUT2D eigenvalue weighted by Gasteiger charge is 2.20. The number of ether oxygens (including phenoxy) is 1. The molecule has 3 rings (SSSR count). The number of hydrogen-bond acceptors (Lipinski definition) is 4. The molecule has 0 spiro atoms. The summed E-state index contributed by atoms with van der Waals surface area (Å²) >= 11 is 0. The Morgan fingerprint density at radius 2 is 2.17 bits per heavy atom. The van der Waals surface area contributed by atoms with Gasteiger partial charge in [0.25, 0.3) is 0 Å². The van der Waals surface area contributed by atoms with E-state index in [1.54, 1.807) is 6.20 Å². The van der Waals surface area contributed by atoms with Gasteiger partial charge < -0.3 is 15.4 Å². The average Bonchev–Trinajstić information content (AvgIpc) is 3.07. The molecule has 124 valence electrons. The Morgan fingerprint density at radius 1 is 1.35 bits per heavy atom. The summed E-state index contributed by atoms with van der Waals surface area (Å²) < 4.78 is 7.19. The molecule has 2 aromatic rings. The summed E-state index contributed by atoms with van der Waals surface area (Å²) in [4.78, 5) is 12.1. The van der Waals surface area contributed by atoms with Gasteiger partial charge in [0.15, 0.2) is 0 Å². The van der Waals surface area contributed by atoms with Crippen molar-refractivity contribution in [2.45, 2.75) is 19.1 Å². The minimum absolute atomic E-state index is 0. The first-order valence-corrected chi connectivity index (χ1v) is 7.46. The van der Waals surface area contributed by atoms with E-state index in [2.05, 4.69) is 21.8 Å². The molecule has 1 aliphatic heterocycles. The highest BCUT2D eigenvalue weighted by Crippen LogP contribution is 2.10. The van der Waals surface area contributed by atoms with Gasteiger partial charge in [-0.1, -0.05) is 24.3 Å². The van der Waals surface area contributed by atoms with Crippen molar-refractivity contribution in [2.24, 2.45) is 0 Å². The van der Waals surface area contributed by atoms with Crippen LogP contribution in [-0.2, 0) is 22.6 Å². The quantitative estimate of drug-likeness (QED) is 0.853. The highest BCUT2D eigenvalue weighted by molar-refractivity contribution is 5.85. The number of aromatic nitrogens is 2. The van der Waals surface area contributed by atoms with Gasteiger partial charge in [0.2, 0.25) is 5.91 Å². The molecule has 6 nitrogen and oxygen atoms in total. The summed E-state index contributed by atoms with van der Waals surface area (Å²) in [6.07, 6.45) is 3.69. The third kappa shape index (κ3) is 4.79. The second-order valence-corrected chi connectivity index (χ2v) is 5.27. The van der Waals surface area contributed by atoms with Crippen LogP contribution in [-0.4, -0.2) is 41.5 Å². The van der Waals surface area contributed by atoms with Crippen molar-refractivity contribution in [1.29, 1.82) is 0 Å². The monoisotopic (exact) mass is 336 g/mol. The number of morpholine rings is 1. The zero-order chi connectivity index (χ0) is 15.2. The van der Waals surface area contributed by atoms with Crippen LogP contribution in [0.3, 0.4) is 0 Å². The van der Waals surface area contributed by atoms with E-state index in [9.17, 15) is 4.79 Å². The number of hydrogen-bond donors (Lipinski definition) is 2. The third-order valence-electron chi connectivity index (χ3n) is 3.70. The zero-order valence-corrected chi connectivity index (χ0v) is 13.6. The number of halogens is 1. The molecule has 0 saturated carbocycles. The SMILES string of the molecule is Cl.O=C(NCc1ccccc1Cn1cccn1)C1COCCN1. The lowest BCUT2D eigenvalue weighted by Gasteiger charge is -2.23. The Labute approximate surface area is 141 Å². The summed E-state index contributed by atoms with van der Waals surface area (Å²) in [5.74, 6) is -0.0198. The Balaban J connectivity index is 0.00000192. The number of nitrogens with zero attached hydrogens (tertiary/aromatic N) is 2.